The maximum atomic E-state index is 12.4. The lowest BCUT2D eigenvalue weighted by atomic mass is 9.89. The predicted octanol–water partition coefficient (Wildman–Crippen LogP) is 4.81. The van der Waals surface area contributed by atoms with E-state index < -0.39 is 0 Å². The van der Waals surface area contributed by atoms with Crippen molar-refractivity contribution >= 4 is 28.9 Å². The summed E-state index contributed by atoms with van der Waals surface area (Å²) in [5.74, 6) is 0.577. The number of hydrogen-bond donors (Lipinski definition) is 3. The van der Waals surface area contributed by atoms with Gasteiger partial charge in [-0.2, -0.15) is 0 Å². The molecule has 2 aromatic carbocycles. The Morgan fingerprint density at radius 2 is 1.81 bits per heavy atom. The quantitative estimate of drug-likeness (QED) is 0.670. The second-order valence-electron chi connectivity index (χ2n) is 7.76. The molecular weight excluding hydrogens is 358 g/mol. The monoisotopic (exact) mass is 383 g/mol. The fourth-order valence-corrected chi connectivity index (χ4v) is 4.59. The van der Waals surface area contributed by atoms with Crippen molar-refractivity contribution in [3.63, 3.8) is 0 Å². The first-order valence-corrected chi connectivity index (χ1v) is 10.2. The molecule has 2 fully saturated rings. The lowest BCUT2D eigenvalue weighted by molar-refractivity contribution is -0.117. The van der Waals surface area contributed by atoms with Crippen LogP contribution in [0.25, 0.3) is 0 Å². The number of rotatable bonds is 6. The first kappa shape index (κ1) is 18.3. The number of carbonyl (C=O) groups is 1. The fourth-order valence-electron chi connectivity index (χ4n) is 4.35. The molecule has 2 atom stereocenters. The standard InChI is InChI=1S/C22H26ClN3O/c23-20-13-19(8-9-21(20)24-14-15-4-2-1-3-5-15)26-22(27)12-16-10-17-6-7-18(11-16)25-17/h1-5,8-9,13,16-18,24-25H,6-7,10-12,14H2,(H,26,27). The third-order valence-corrected chi connectivity index (χ3v) is 5.94. The molecule has 2 bridgehead atoms. The SMILES string of the molecule is O=C(CC1CC2CCC(C1)N2)Nc1ccc(NCc2ccccc2)c(Cl)c1. The van der Waals surface area contributed by atoms with Gasteiger partial charge < -0.3 is 16.0 Å². The van der Waals surface area contributed by atoms with Gasteiger partial charge in [0.15, 0.2) is 0 Å². The number of halogens is 1. The zero-order valence-corrected chi connectivity index (χ0v) is 16.1. The van der Waals surface area contributed by atoms with Crippen molar-refractivity contribution < 1.29 is 4.79 Å². The summed E-state index contributed by atoms with van der Waals surface area (Å²) in [5.41, 5.74) is 2.82. The van der Waals surface area contributed by atoms with E-state index in [0.717, 1.165) is 24.2 Å². The van der Waals surface area contributed by atoms with Crippen LogP contribution in [0, 0.1) is 5.92 Å². The molecule has 3 N–H and O–H groups in total. The zero-order chi connectivity index (χ0) is 18.6. The number of piperidine rings is 1. The van der Waals surface area contributed by atoms with Crippen molar-refractivity contribution in [2.45, 2.75) is 50.7 Å². The average Bonchev–Trinajstić information content (AvgIpc) is 3.00. The first-order valence-electron chi connectivity index (χ1n) is 9.79. The molecule has 27 heavy (non-hydrogen) atoms. The van der Waals surface area contributed by atoms with Gasteiger partial charge in [-0.15, -0.1) is 0 Å². The Morgan fingerprint density at radius 3 is 2.52 bits per heavy atom. The van der Waals surface area contributed by atoms with E-state index in [1.54, 1.807) is 0 Å². The molecule has 1 amide bonds. The van der Waals surface area contributed by atoms with Crippen LogP contribution >= 0.6 is 11.6 Å². The number of carbonyl (C=O) groups excluding carboxylic acids is 1. The van der Waals surface area contributed by atoms with Gasteiger partial charge in [0.05, 0.1) is 10.7 Å². The summed E-state index contributed by atoms with van der Waals surface area (Å²) in [6, 6.07) is 17.1. The summed E-state index contributed by atoms with van der Waals surface area (Å²) in [6.07, 6.45) is 5.35. The van der Waals surface area contributed by atoms with Gasteiger partial charge in [-0.25, -0.2) is 0 Å². The Bertz CT molecular complexity index is 783. The highest BCUT2D eigenvalue weighted by atomic mass is 35.5. The van der Waals surface area contributed by atoms with Crippen molar-refractivity contribution in [3.8, 4) is 0 Å². The molecule has 2 saturated heterocycles. The van der Waals surface area contributed by atoms with Gasteiger partial charge in [0.2, 0.25) is 5.91 Å². The normalized spacial score (nSPS) is 23.8. The van der Waals surface area contributed by atoms with Gasteiger partial charge in [0, 0.05) is 30.7 Å². The molecule has 4 rings (SSSR count). The summed E-state index contributed by atoms with van der Waals surface area (Å²) < 4.78 is 0. The van der Waals surface area contributed by atoms with Gasteiger partial charge in [-0.05, 0) is 55.4 Å². The Kier molecular flexibility index (Phi) is 5.65. The summed E-state index contributed by atoms with van der Waals surface area (Å²) in [6.45, 7) is 0.713. The van der Waals surface area contributed by atoms with Gasteiger partial charge in [0.1, 0.15) is 0 Å². The van der Waals surface area contributed by atoms with Crippen molar-refractivity contribution in [1.82, 2.24) is 5.32 Å². The van der Waals surface area contributed by atoms with Crippen LogP contribution in [0.1, 0.15) is 37.7 Å². The fraction of sp³-hybridized carbons (Fsp3) is 0.409. The molecule has 5 heteroatoms. The number of benzene rings is 2. The van der Waals surface area contributed by atoms with E-state index in [0.29, 0.717) is 36.0 Å². The Balaban J connectivity index is 1.30. The molecule has 0 aromatic heterocycles. The van der Waals surface area contributed by atoms with Crippen molar-refractivity contribution in [1.29, 1.82) is 0 Å². The van der Waals surface area contributed by atoms with E-state index in [2.05, 4.69) is 28.1 Å². The minimum Gasteiger partial charge on any atom is -0.380 e. The maximum Gasteiger partial charge on any atom is 0.224 e. The van der Waals surface area contributed by atoms with E-state index in [1.165, 1.54) is 18.4 Å². The van der Waals surface area contributed by atoms with E-state index in [9.17, 15) is 4.79 Å². The lowest BCUT2D eigenvalue weighted by Gasteiger charge is -2.28. The van der Waals surface area contributed by atoms with Crippen LogP contribution in [0.4, 0.5) is 11.4 Å². The molecule has 2 heterocycles. The maximum absolute atomic E-state index is 12.4. The highest BCUT2D eigenvalue weighted by Gasteiger charge is 2.34. The van der Waals surface area contributed by atoms with Crippen molar-refractivity contribution in [2.75, 3.05) is 10.6 Å². The molecule has 2 aliphatic heterocycles. The third kappa shape index (κ3) is 4.82. The first-order chi connectivity index (χ1) is 13.2. The number of amides is 1. The van der Waals surface area contributed by atoms with E-state index >= 15 is 0 Å². The van der Waals surface area contributed by atoms with Crippen LogP contribution in [0.2, 0.25) is 5.02 Å². The van der Waals surface area contributed by atoms with E-state index in [1.807, 2.05) is 36.4 Å². The second kappa shape index (κ2) is 8.32. The third-order valence-electron chi connectivity index (χ3n) is 5.62. The summed E-state index contributed by atoms with van der Waals surface area (Å²) in [4.78, 5) is 12.4. The molecular formula is C22H26ClN3O. The predicted molar refractivity (Wildman–Crippen MR) is 111 cm³/mol. The van der Waals surface area contributed by atoms with Gasteiger partial charge in [0.25, 0.3) is 0 Å². The second-order valence-corrected chi connectivity index (χ2v) is 8.17. The largest absolute Gasteiger partial charge is 0.380 e. The number of anilines is 2. The molecule has 142 valence electrons. The molecule has 0 radical (unpaired) electrons. The van der Waals surface area contributed by atoms with E-state index in [4.69, 9.17) is 11.6 Å². The number of nitrogens with one attached hydrogen (secondary N) is 3. The Labute approximate surface area is 165 Å². The minimum atomic E-state index is 0.0855. The highest BCUT2D eigenvalue weighted by molar-refractivity contribution is 6.33. The topological polar surface area (TPSA) is 53.2 Å². The molecule has 2 unspecified atom stereocenters. The number of hydrogen-bond acceptors (Lipinski definition) is 3. The van der Waals surface area contributed by atoms with Crippen LogP contribution in [0.5, 0.6) is 0 Å². The van der Waals surface area contributed by atoms with Crippen LogP contribution in [-0.4, -0.2) is 18.0 Å². The summed E-state index contributed by atoms with van der Waals surface area (Å²) >= 11 is 6.40. The molecule has 0 aliphatic carbocycles. The van der Waals surface area contributed by atoms with Crippen LogP contribution in [0.15, 0.2) is 48.5 Å². The van der Waals surface area contributed by atoms with Gasteiger partial charge in [-0.3, -0.25) is 4.79 Å². The molecule has 2 aromatic rings. The molecule has 4 nitrogen and oxygen atoms in total. The average molecular weight is 384 g/mol. The Hall–Kier alpha value is -2.04. The lowest BCUT2D eigenvalue weighted by Crippen LogP contribution is -2.39. The number of fused-ring (bicyclic) bond motifs is 2. The Morgan fingerprint density at radius 1 is 1.07 bits per heavy atom. The van der Waals surface area contributed by atoms with Gasteiger partial charge in [-0.1, -0.05) is 41.9 Å². The van der Waals surface area contributed by atoms with Crippen molar-refractivity contribution in [3.05, 3.63) is 59.1 Å². The van der Waals surface area contributed by atoms with Crippen LogP contribution in [0.3, 0.4) is 0 Å². The highest BCUT2D eigenvalue weighted by Crippen LogP contribution is 2.33. The molecule has 0 saturated carbocycles. The van der Waals surface area contributed by atoms with Gasteiger partial charge >= 0.3 is 0 Å². The molecule has 0 spiro atoms. The summed E-state index contributed by atoms with van der Waals surface area (Å²) in [7, 11) is 0. The van der Waals surface area contributed by atoms with Crippen LogP contribution < -0.4 is 16.0 Å². The summed E-state index contributed by atoms with van der Waals surface area (Å²) in [5, 5.41) is 10.6. The smallest absolute Gasteiger partial charge is 0.224 e. The van der Waals surface area contributed by atoms with Crippen LogP contribution in [-0.2, 0) is 11.3 Å². The minimum absolute atomic E-state index is 0.0855. The van der Waals surface area contributed by atoms with Crippen molar-refractivity contribution in [2.24, 2.45) is 5.92 Å². The molecule has 2 aliphatic rings. The van der Waals surface area contributed by atoms with E-state index in [-0.39, 0.29) is 5.91 Å². The zero-order valence-electron chi connectivity index (χ0n) is 15.4.